The molecule has 0 radical (unpaired) electrons. The van der Waals surface area contributed by atoms with Gasteiger partial charge in [0.1, 0.15) is 0 Å². The van der Waals surface area contributed by atoms with Crippen LogP contribution in [0.5, 0.6) is 0 Å². The molecule has 1 atom stereocenters. The zero-order valence-corrected chi connectivity index (χ0v) is 14.4. The number of halogens is 1. The van der Waals surface area contributed by atoms with Crippen molar-refractivity contribution in [1.29, 1.82) is 0 Å². The third-order valence-electron chi connectivity index (χ3n) is 3.82. The van der Waals surface area contributed by atoms with Gasteiger partial charge in [0.25, 0.3) is 0 Å². The molecule has 0 bridgehead atoms. The van der Waals surface area contributed by atoms with Gasteiger partial charge in [0.05, 0.1) is 0 Å². The number of hydrogen-bond acceptors (Lipinski definition) is 3. The van der Waals surface area contributed by atoms with Crippen LogP contribution in [0.3, 0.4) is 0 Å². The number of rotatable bonds is 4. The quantitative estimate of drug-likeness (QED) is 0.913. The summed E-state index contributed by atoms with van der Waals surface area (Å²) in [5.41, 5.74) is 8.64. The first-order valence-electron chi connectivity index (χ1n) is 7.49. The van der Waals surface area contributed by atoms with Crippen LogP contribution in [0.15, 0.2) is 22.7 Å². The molecule has 1 fully saturated rings. The van der Waals surface area contributed by atoms with Crippen LogP contribution in [-0.2, 0) is 0 Å². The van der Waals surface area contributed by atoms with E-state index in [1.165, 1.54) is 17.8 Å². The Morgan fingerprint density at radius 1 is 1.15 bits per heavy atom. The van der Waals surface area contributed by atoms with Gasteiger partial charge in [0.15, 0.2) is 0 Å². The average Bonchev–Trinajstić information content (AvgIpc) is 2.38. The zero-order valence-electron chi connectivity index (χ0n) is 12.8. The lowest BCUT2D eigenvalue weighted by Crippen LogP contribution is -2.47. The maximum Gasteiger partial charge on any atom is 0.0426 e. The van der Waals surface area contributed by atoms with Crippen molar-refractivity contribution in [2.75, 3.05) is 37.6 Å². The van der Waals surface area contributed by atoms with E-state index in [4.69, 9.17) is 5.73 Å². The molecule has 1 saturated heterocycles. The molecule has 0 aromatic heterocycles. The predicted octanol–water partition coefficient (Wildman–Crippen LogP) is 3.25. The van der Waals surface area contributed by atoms with E-state index in [1.807, 2.05) is 0 Å². The summed E-state index contributed by atoms with van der Waals surface area (Å²) in [6.45, 7) is 12.3. The molecular weight excluding hydrogens is 314 g/mol. The highest BCUT2D eigenvalue weighted by Gasteiger charge is 2.20. The van der Waals surface area contributed by atoms with Crippen LogP contribution in [0.1, 0.15) is 32.4 Å². The first kappa shape index (κ1) is 15.8. The molecule has 0 aliphatic carbocycles. The van der Waals surface area contributed by atoms with Crippen molar-refractivity contribution in [3.8, 4) is 0 Å². The normalized spacial score (nSPS) is 18.6. The van der Waals surface area contributed by atoms with Gasteiger partial charge in [-0.05, 0) is 30.5 Å². The maximum absolute atomic E-state index is 6.11. The van der Waals surface area contributed by atoms with Crippen molar-refractivity contribution in [1.82, 2.24) is 4.90 Å². The molecule has 1 aliphatic rings. The number of benzene rings is 1. The molecule has 1 aliphatic heterocycles. The Balaban J connectivity index is 2.08. The SMILES string of the molecule is CC(C)CN1CCN(c2cc(Br)ccc2C(C)N)CC1. The molecule has 0 amide bonds. The van der Waals surface area contributed by atoms with E-state index in [9.17, 15) is 0 Å². The molecule has 112 valence electrons. The molecule has 2 N–H and O–H groups in total. The van der Waals surface area contributed by atoms with Crippen molar-refractivity contribution < 1.29 is 0 Å². The Bertz CT molecular complexity index is 437. The predicted molar refractivity (Wildman–Crippen MR) is 90.2 cm³/mol. The summed E-state index contributed by atoms with van der Waals surface area (Å²) < 4.78 is 1.13. The minimum atomic E-state index is 0.0757. The fourth-order valence-electron chi connectivity index (χ4n) is 2.86. The molecule has 1 aromatic carbocycles. The highest BCUT2D eigenvalue weighted by Crippen LogP contribution is 2.29. The van der Waals surface area contributed by atoms with Crippen molar-refractivity contribution in [3.63, 3.8) is 0 Å². The van der Waals surface area contributed by atoms with Crippen LogP contribution in [0.25, 0.3) is 0 Å². The number of piperazine rings is 1. The summed E-state index contributed by atoms with van der Waals surface area (Å²) in [5.74, 6) is 0.743. The average molecular weight is 340 g/mol. The zero-order chi connectivity index (χ0) is 14.7. The molecule has 3 nitrogen and oxygen atoms in total. The summed E-state index contributed by atoms with van der Waals surface area (Å²) in [4.78, 5) is 5.03. The van der Waals surface area contributed by atoms with Gasteiger partial charge >= 0.3 is 0 Å². The topological polar surface area (TPSA) is 32.5 Å². The molecule has 0 saturated carbocycles. The van der Waals surface area contributed by atoms with E-state index in [1.54, 1.807) is 0 Å². The highest BCUT2D eigenvalue weighted by molar-refractivity contribution is 9.10. The Morgan fingerprint density at radius 2 is 1.80 bits per heavy atom. The van der Waals surface area contributed by atoms with E-state index in [0.717, 1.165) is 36.6 Å². The first-order chi connectivity index (χ1) is 9.47. The summed E-state index contributed by atoms with van der Waals surface area (Å²) in [6, 6.07) is 6.50. The molecule has 1 unspecified atom stereocenters. The summed E-state index contributed by atoms with van der Waals surface area (Å²) >= 11 is 3.58. The molecule has 1 heterocycles. The maximum atomic E-state index is 6.11. The molecule has 0 spiro atoms. The standard InChI is InChI=1S/C16H26BrN3/c1-12(2)11-19-6-8-20(9-7-19)16-10-14(17)4-5-15(16)13(3)18/h4-5,10,12-13H,6-9,11,18H2,1-3H3. The van der Waals surface area contributed by atoms with Crippen LogP contribution in [0.2, 0.25) is 0 Å². The van der Waals surface area contributed by atoms with Crippen molar-refractivity contribution in [2.45, 2.75) is 26.8 Å². The lowest BCUT2D eigenvalue weighted by molar-refractivity contribution is 0.231. The monoisotopic (exact) mass is 339 g/mol. The van der Waals surface area contributed by atoms with Crippen molar-refractivity contribution in [2.24, 2.45) is 11.7 Å². The second kappa shape index (κ2) is 6.92. The van der Waals surface area contributed by atoms with Crippen LogP contribution in [-0.4, -0.2) is 37.6 Å². The summed E-state index contributed by atoms with van der Waals surface area (Å²) in [5, 5.41) is 0. The van der Waals surface area contributed by atoms with Gasteiger partial charge in [-0.15, -0.1) is 0 Å². The van der Waals surface area contributed by atoms with Gasteiger partial charge in [0.2, 0.25) is 0 Å². The van der Waals surface area contributed by atoms with Gasteiger partial charge in [-0.2, -0.15) is 0 Å². The van der Waals surface area contributed by atoms with E-state index >= 15 is 0 Å². The number of nitrogens with two attached hydrogens (primary N) is 1. The van der Waals surface area contributed by atoms with E-state index in [0.29, 0.717) is 0 Å². The van der Waals surface area contributed by atoms with E-state index in [2.05, 4.69) is 64.7 Å². The summed E-state index contributed by atoms with van der Waals surface area (Å²) in [7, 11) is 0. The molecular formula is C16H26BrN3. The van der Waals surface area contributed by atoms with Crippen LogP contribution in [0.4, 0.5) is 5.69 Å². The van der Waals surface area contributed by atoms with Gasteiger partial charge in [-0.3, -0.25) is 4.90 Å². The minimum Gasteiger partial charge on any atom is -0.369 e. The third-order valence-corrected chi connectivity index (χ3v) is 4.31. The lowest BCUT2D eigenvalue weighted by atomic mass is 10.1. The van der Waals surface area contributed by atoms with Gasteiger partial charge in [-0.25, -0.2) is 0 Å². The highest BCUT2D eigenvalue weighted by atomic mass is 79.9. The number of anilines is 1. The number of nitrogens with zero attached hydrogens (tertiary/aromatic N) is 2. The first-order valence-corrected chi connectivity index (χ1v) is 8.29. The number of hydrogen-bond donors (Lipinski definition) is 1. The molecule has 2 rings (SSSR count). The largest absolute Gasteiger partial charge is 0.369 e. The third kappa shape index (κ3) is 3.96. The Kier molecular flexibility index (Phi) is 5.47. The fourth-order valence-corrected chi connectivity index (χ4v) is 3.21. The van der Waals surface area contributed by atoms with Crippen LogP contribution in [0, 0.1) is 5.92 Å². The van der Waals surface area contributed by atoms with E-state index < -0.39 is 0 Å². The molecule has 20 heavy (non-hydrogen) atoms. The van der Waals surface area contributed by atoms with Crippen LogP contribution >= 0.6 is 15.9 Å². The Hall–Kier alpha value is -0.580. The Labute approximate surface area is 131 Å². The minimum absolute atomic E-state index is 0.0757. The van der Waals surface area contributed by atoms with Gasteiger partial charge in [0, 0.05) is 48.9 Å². The van der Waals surface area contributed by atoms with Gasteiger partial charge in [-0.1, -0.05) is 35.8 Å². The second-order valence-electron chi connectivity index (χ2n) is 6.17. The summed E-state index contributed by atoms with van der Waals surface area (Å²) in [6.07, 6.45) is 0. The van der Waals surface area contributed by atoms with Crippen molar-refractivity contribution in [3.05, 3.63) is 28.2 Å². The van der Waals surface area contributed by atoms with Gasteiger partial charge < -0.3 is 10.6 Å². The van der Waals surface area contributed by atoms with Crippen LogP contribution < -0.4 is 10.6 Å². The molecule has 1 aromatic rings. The van der Waals surface area contributed by atoms with E-state index in [-0.39, 0.29) is 6.04 Å². The smallest absolute Gasteiger partial charge is 0.0426 e. The molecule has 4 heteroatoms. The fraction of sp³-hybridized carbons (Fsp3) is 0.625. The Morgan fingerprint density at radius 3 is 2.35 bits per heavy atom. The lowest BCUT2D eigenvalue weighted by Gasteiger charge is -2.38. The second-order valence-corrected chi connectivity index (χ2v) is 7.09. The van der Waals surface area contributed by atoms with Crippen molar-refractivity contribution >= 4 is 21.6 Å².